The summed E-state index contributed by atoms with van der Waals surface area (Å²) in [4.78, 5) is 9.82. The number of nitrogens with zero attached hydrogens (tertiary/aromatic N) is 3. The van der Waals surface area contributed by atoms with Gasteiger partial charge in [-0.2, -0.15) is 0 Å². The molecule has 0 radical (unpaired) electrons. The van der Waals surface area contributed by atoms with Gasteiger partial charge < -0.3 is 15.5 Å². The molecule has 2 aliphatic rings. The quantitative estimate of drug-likeness (QED) is 0.569. The lowest BCUT2D eigenvalue weighted by molar-refractivity contribution is 0.272. The van der Waals surface area contributed by atoms with E-state index in [2.05, 4.69) is 41.3 Å². The summed E-state index contributed by atoms with van der Waals surface area (Å²) >= 11 is 0. The van der Waals surface area contributed by atoms with Crippen molar-refractivity contribution >= 4 is 5.96 Å². The Morgan fingerprint density at radius 2 is 1.86 bits per heavy atom. The molecule has 2 fully saturated rings. The highest BCUT2D eigenvalue weighted by atomic mass is 15.2. The first kappa shape index (κ1) is 16.6. The summed E-state index contributed by atoms with van der Waals surface area (Å²) in [6, 6.07) is 1.30. The third-order valence-corrected chi connectivity index (χ3v) is 4.89. The molecule has 0 bridgehead atoms. The van der Waals surface area contributed by atoms with Gasteiger partial charge in [0.05, 0.1) is 6.54 Å². The maximum absolute atomic E-state index is 4.81. The van der Waals surface area contributed by atoms with E-state index in [0.29, 0.717) is 12.1 Å². The topological polar surface area (TPSA) is 42.9 Å². The summed E-state index contributed by atoms with van der Waals surface area (Å²) < 4.78 is 0. The van der Waals surface area contributed by atoms with Crippen LogP contribution in [0.25, 0.3) is 0 Å². The summed E-state index contributed by atoms with van der Waals surface area (Å²) in [6.07, 6.45) is 5.24. The molecule has 0 spiro atoms. The SMILES string of the molecule is CCNC(=NCC1CCCN1CC)NCC1CCCN1C. The molecule has 2 heterocycles. The van der Waals surface area contributed by atoms with Crippen molar-refractivity contribution < 1.29 is 0 Å². The Kier molecular flexibility index (Phi) is 6.77. The number of rotatable bonds is 6. The number of nitrogens with one attached hydrogen (secondary N) is 2. The van der Waals surface area contributed by atoms with Crippen molar-refractivity contribution in [1.82, 2.24) is 20.4 Å². The van der Waals surface area contributed by atoms with Crippen molar-refractivity contribution in [2.75, 3.05) is 46.3 Å². The Labute approximate surface area is 130 Å². The molecule has 0 aromatic rings. The highest BCUT2D eigenvalue weighted by molar-refractivity contribution is 5.79. The van der Waals surface area contributed by atoms with Crippen LogP contribution in [0.1, 0.15) is 39.5 Å². The van der Waals surface area contributed by atoms with Gasteiger partial charge in [0.2, 0.25) is 0 Å². The van der Waals surface area contributed by atoms with E-state index < -0.39 is 0 Å². The second-order valence-corrected chi connectivity index (χ2v) is 6.30. The highest BCUT2D eigenvalue weighted by Crippen LogP contribution is 2.16. The molecule has 2 atom stereocenters. The Morgan fingerprint density at radius 1 is 1.10 bits per heavy atom. The van der Waals surface area contributed by atoms with E-state index in [0.717, 1.165) is 32.1 Å². The van der Waals surface area contributed by atoms with Gasteiger partial charge in [0.25, 0.3) is 0 Å². The lowest BCUT2D eigenvalue weighted by Crippen LogP contribution is -2.44. The number of likely N-dealkylation sites (N-methyl/N-ethyl adjacent to an activating group) is 2. The number of guanidine groups is 1. The van der Waals surface area contributed by atoms with E-state index in [-0.39, 0.29) is 0 Å². The first-order valence-electron chi connectivity index (χ1n) is 8.71. The first-order chi connectivity index (χ1) is 10.2. The van der Waals surface area contributed by atoms with Crippen molar-refractivity contribution in [2.24, 2.45) is 4.99 Å². The van der Waals surface area contributed by atoms with Crippen LogP contribution in [0.3, 0.4) is 0 Å². The molecule has 5 nitrogen and oxygen atoms in total. The summed E-state index contributed by atoms with van der Waals surface area (Å²) in [7, 11) is 2.22. The zero-order valence-electron chi connectivity index (χ0n) is 14.1. The van der Waals surface area contributed by atoms with Crippen LogP contribution in [0.4, 0.5) is 0 Å². The molecular formula is C16H33N5. The van der Waals surface area contributed by atoms with Crippen LogP contribution in [0.15, 0.2) is 4.99 Å². The van der Waals surface area contributed by atoms with E-state index in [9.17, 15) is 0 Å². The predicted octanol–water partition coefficient (Wildman–Crippen LogP) is 1.12. The molecule has 5 heteroatoms. The average Bonchev–Trinajstić information content (AvgIpc) is 3.10. The Balaban J connectivity index is 1.81. The monoisotopic (exact) mass is 295 g/mol. The standard InChI is InChI=1S/C16H33N5/c1-4-17-16(18-12-14-8-6-10-20(14)3)19-13-15-9-7-11-21(15)5-2/h14-15H,4-13H2,1-3H3,(H2,17,18,19). The highest BCUT2D eigenvalue weighted by Gasteiger charge is 2.23. The fourth-order valence-corrected chi connectivity index (χ4v) is 3.51. The molecule has 2 saturated heterocycles. The zero-order valence-corrected chi connectivity index (χ0v) is 14.1. The summed E-state index contributed by atoms with van der Waals surface area (Å²) in [5.74, 6) is 0.987. The van der Waals surface area contributed by atoms with Gasteiger partial charge in [-0.05, 0) is 59.3 Å². The van der Waals surface area contributed by atoms with Gasteiger partial charge in [-0.15, -0.1) is 0 Å². The summed E-state index contributed by atoms with van der Waals surface area (Å²) in [5, 5.41) is 6.91. The summed E-state index contributed by atoms with van der Waals surface area (Å²) in [5.41, 5.74) is 0. The normalized spacial score (nSPS) is 28.2. The Morgan fingerprint density at radius 3 is 2.52 bits per heavy atom. The van der Waals surface area contributed by atoms with Gasteiger partial charge in [0.1, 0.15) is 0 Å². The van der Waals surface area contributed by atoms with Crippen LogP contribution in [0.5, 0.6) is 0 Å². The molecule has 0 saturated carbocycles. The molecule has 0 aromatic heterocycles. The van der Waals surface area contributed by atoms with Crippen LogP contribution in [0.2, 0.25) is 0 Å². The lowest BCUT2D eigenvalue weighted by Gasteiger charge is -2.23. The van der Waals surface area contributed by atoms with E-state index in [1.54, 1.807) is 0 Å². The van der Waals surface area contributed by atoms with Crippen LogP contribution < -0.4 is 10.6 Å². The van der Waals surface area contributed by atoms with Crippen molar-refractivity contribution in [1.29, 1.82) is 0 Å². The fraction of sp³-hybridized carbons (Fsp3) is 0.938. The number of hydrogen-bond acceptors (Lipinski definition) is 3. The minimum absolute atomic E-state index is 0.639. The second kappa shape index (κ2) is 8.59. The Bertz CT molecular complexity index is 331. The molecular weight excluding hydrogens is 262 g/mol. The predicted molar refractivity (Wildman–Crippen MR) is 89.9 cm³/mol. The third kappa shape index (κ3) is 4.85. The molecule has 0 amide bonds. The van der Waals surface area contributed by atoms with Gasteiger partial charge in [0.15, 0.2) is 5.96 Å². The zero-order chi connectivity index (χ0) is 15.1. The molecule has 122 valence electrons. The second-order valence-electron chi connectivity index (χ2n) is 6.30. The van der Waals surface area contributed by atoms with Crippen molar-refractivity contribution in [3.05, 3.63) is 0 Å². The van der Waals surface area contributed by atoms with Crippen LogP contribution in [-0.2, 0) is 0 Å². The lowest BCUT2D eigenvalue weighted by atomic mass is 10.2. The van der Waals surface area contributed by atoms with E-state index in [1.165, 1.54) is 38.8 Å². The van der Waals surface area contributed by atoms with E-state index >= 15 is 0 Å². The maximum Gasteiger partial charge on any atom is 0.191 e. The molecule has 2 rings (SSSR count). The smallest absolute Gasteiger partial charge is 0.191 e. The largest absolute Gasteiger partial charge is 0.357 e. The van der Waals surface area contributed by atoms with Gasteiger partial charge in [-0.3, -0.25) is 9.89 Å². The van der Waals surface area contributed by atoms with Crippen molar-refractivity contribution in [3.8, 4) is 0 Å². The fourth-order valence-electron chi connectivity index (χ4n) is 3.51. The van der Waals surface area contributed by atoms with E-state index in [1.807, 2.05) is 0 Å². The molecule has 2 aliphatic heterocycles. The first-order valence-corrected chi connectivity index (χ1v) is 8.71. The van der Waals surface area contributed by atoms with Crippen molar-refractivity contribution in [3.63, 3.8) is 0 Å². The minimum Gasteiger partial charge on any atom is -0.357 e. The number of hydrogen-bond donors (Lipinski definition) is 2. The van der Waals surface area contributed by atoms with Gasteiger partial charge in [-0.25, -0.2) is 0 Å². The van der Waals surface area contributed by atoms with Crippen LogP contribution in [0, 0.1) is 0 Å². The molecule has 21 heavy (non-hydrogen) atoms. The number of likely N-dealkylation sites (tertiary alicyclic amines) is 2. The van der Waals surface area contributed by atoms with Crippen LogP contribution >= 0.6 is 0 Å². The molecule has 0 aliphatic carbocycles. The van der Waals surface area contributed by atoms with E-state index in [4.69, 9.17) is 4.99 Å². The average molecular weight is 295 g/mol. The van der Waals surface area contributed by atoms with Gasteiger partial charge in [0, 0.05) is 25.2 Å². The molecule has 2 unspecified atom stereocenters. The Hall–Kier alpha value is -0.810. The maximum atomic E-state index is 4.81. The van der Waals surface area contributed by atoms with Gasteiger partial charge in [-0.1, -0.05) is 6.92 Å². The van der Waals surface area contributed by atoms with Gasteiger partial charge >= 0.3 is 0 Å². The molecule has 2 N–H and O–H groups in total. The minimum atomic E-state index is 0.639. The summed E-state index contributed by atoms with van der Waals surface area (Å²) in [6.45, 7) is 10.9. The molecule has 0 aromatic carbocycles. The number of aliphatic imine (C=N–C) groups is 1. The van der Waals surface area contributed by atoms with Crippen molar-refractivity contribution in [2.45, 2.75) is 51.6 Å². The van der Waals surface area contributed by atoms with Crippen LogP contribution in [-0.4, -0.2) is 74.2 Å². The third-order valence-electron chi connectivity index (χ3n) is 4.89.